The zero-order valence-corrected chi connectivity index (χ0v) is 11.7. The second-order valence-corrected chi connectivity index (χ2v) is 5.32. The Bertz CT molecular complexity index is 711. The first-order chi connectivity index (χ1) is 10.1. The van der Waals surface area contributed by atoms with Crippen LogP contribution in [0, 0.1) is 0 Å². The Morgan fingerprint density at radius 2 is 1.90 bits per heavy atom. The average Bonchev–Trinajstić information content (AvgIpc) is 2.87. The number of aromatic nitrogens is 1. The van der Waals surface area contributed by atoms with Gasteiger partial charge in [-0.1, -0.05) is 30.3 Å². The molecule has 5 heteroatoms. The van der Waals surface area contributed by atoms with Crippen LogP contribution in [0.4, 0.5) is 5.69 Å². The molecule has 5 nitrogen and oxygen atoms in total. The number of benzene rings is 1. The van der Waals surface area contributed by atoms with Crippen molar-refractivity contribution in [1.82, 2.24) is 4.57 Å². The van der Waals surface area contributed by atoms with Gasteiger partial charge in [0.2, 0.25) is 5.91 Å². The van der Waals surface area contributed by atoms with Gasteiger partial charge in [0.1, 0.15) is 0 Å². The van der Waals surface area contributed by atoms with Crippen LogP contribution in [0.2, 0.25) is 0 Å². The van der Waals surface area contributed by atoms with Crippen molar-refractivity contribution in [3.8, 4) is 5.75 Å². The van der Waals surface area contributed by atoms with Gasteiger partial charge in [-0.15, -0.1) is 0 Å². The fourth-order valence-electron chi connectivity index (χ4n) is 2.73. The summed E-state index contributed by atoms with van der Waals surface area (Å²) in [4.78, 5) is 25.4. The van der Waals surface area contributed by atoms with E-state index in [1.807, 2.05) is 30.3 Å². The van der Waals surface area contributed by atoms with E-state index in [4.69, 9.17) is 0 Å². The molecule has 1 amide bonds. The summed E-state index contributed by atoms with van der Waals surface area (Å²) < 4.78 is 1.29. The molecule has 1 saturated heterocycles. The standard InChI is InChI=1S/C16H16N2O3/c1-17-10-13(8-14(19)16(17)21)18-9-12(7-15(18)20)11-5-3-2-4-6-11/h2-6,8,10,12,19H,7,9H2,1H3/t12-/m0/s1. The Labute approximate surface area is 122 Å². The Balaban J connectivity index is 1.91. The molecule has 1 aliphatic heterocycles. The summed E-state index contributed by atoms with van der Waals surface area (Å²) in [5.41, 5.74) is 1.21. The van der Waals surface area contributed by atoms with Crippen LogP contribution in [0.5, 0.6) is 5.75 Å². The Morgan fingerprint density at radius 1 is 1.19 bits per heavy atom. The third-order valence-corrected chi connectivity index (χ3v) is 3.86. The summed E-state index contributed by atoms with van der Waals surface area (Å²) in [6.07, 6.45) is 2.01. The molecule has 1 atom stereocenters. The normalized spacial score (nSPS) is 18.2. The van der Waals surface area contributed by atoms with Crippen molar-refractivity contribution in [3.05, 3.63) is 58.5 Å². The number of aromatic hydroxyl groups is 1. The minimum absolute atomic E-state index is 0.00176. The van der Waals surface area contributed by atoms with E-state index in [1.165, 1.54) is 10.6 Å². The average molecular weight is 284 g/mol. The summed E-state index contributed by atoms with van der Waals surface area (Å²) in [6, 6.07) is 11.2. The van der Waals surface area contributed by atoms with E-state index in [-0.39, 0.29) is 17.6 Å². The van der Waals surface area contributed by atoms with Gasteiger partial charge in [0, 0.05) is 38.2 Å². The number of nitrogens with zero attached hydrogens (tertiary/aromatic N) is 2. The highest BCUT2D eigenvalue weighted by molar-refractivity contribution is 5.96. The van der Waals surface area contributed by atoms with Crippen molar-refractivity contribution >= 4 is 11.6 Å². The number of amides is 1. The largest absolute Gasteiger partial charge is 0.503 e. The van der Waals surface area contributed by atoms with Crippen molar-refractivity contribution in [1.29, 1.82) is 0 Å². The highest BCUT2D eigenvalue weighted by Crippen LogP contribution is 2.31. The Hall–Kier alpha value is -2.56. The van der Waals surface area contributed by atoms with Gasteiger partial charge in [0.05, 0.1) is 5.69 Å². The SMILES string of the molecule is Cn1cc(N2C[C@@H](c3ccccc3)CC2=O)cc(O)c1=O. The zero-order chi connectivity index (χ0) is 15.0. The first kappa shape index (κ1) is 13.4. The number of hydrogen-bond donors (Lipinski definition) is 1. The number of hydrogen-bond acceptors (Lipinski definition) is 3. The van der Waals surface area contributed by atoms with Gasteiger partial charge in [-0.05, 0) is 5.56 Å². The monoisotopic (exact) mass is 284 g/mol. The van der Waals surface area contributed by atoms with E-state index in [9.17, 15) is 14.7 Å². The van der Waals surface area contributed by atoms with Crippen LogP contribution >= 0.6 is 0 Å². The van der Waals surface area contributed by atoms with Crippen molar-refractivity contribution in [2.24, 2.45) is 7.05 Å². The molecule has 1 fully saturated rings. The minimum atomic E-state index is -0.468. The summed E-state index contributed by atoms with van der Waals surface area (Å²) in [7, 11) is 1.56. The molecule has 0 saturated carbocycles. The molecule has 3 rings (SSSR count). The van der Waals surface area contributed by atoms with Crippen molar-refractivity contribution in [3.63, 3.8) is 0 Å². The Morgan fingerprint density at radius 3 is 2.57 bits per heavy atom. The molecule has 2 heterocycles. The summed E-state index contributed by atoms with van der Waals surface area (Å²) in [6.45, 7) is 0.556. The van der Waals surface area contributed by atoms with Gasteiger partial charge in [0.15, 0.2) is 5.75 Å². The number of rotatable bonds is 2. The lowest BCUT2D eigenvalue weighted by Crippen LogP contribution is -2.26. The lowest BCUT2D eigenvalue weighted by Gasteiger charge is -2.18. The number of carbonyl (C=O) groups excluding carboxylic acids is 1. The maximum atomic E-state index is 12.2. The molecule has 0 bridgehead atoms. The van der Waals surface area contributed by atoms with Crippen LogP contribution in [-0.4, -0.2) is 22.1 Å². The molecule has 1 aliphatic rings. The number of aryl methyl sites for hydroxylation is 1. The topological polar surface area (TPSA) is 62.5 Å². The molecule has 1 N–H and O–H groups in total. The molecule has 21 heavy (non-hydrogen) atoms. The number of anilines is 1. The third kappa shape index (κ3) is 2.42. The summed E-state index contributed by atoms with van der Waals surface area (Å²) >= 11 is 0. The van der Waals surface area contributed by atoms with Crippen LogP contribution in [0.15, 0.2) is 47.4 Å². The predicted molar refractivity (Wildman–Crippen MR) is 79.5 cm³/mol. The maximum Gasteiger partial charge on any atom is 0.292 e. The molecule has 0 unspecified atom stereocenters. The van der Waals surface area contributed by atoms with Crippen LogP contribution in [0.1, 0.15) is 17.9 Å². The van der Waals surface area contributed by atoms with Crippen LogP contribution in [0.3, 0.4) is 0 Å². The molecule has 1 aromatic carbocycles. The summed E-state index contributed by atoms with van der Waals surface area (Å²) in [5.74, 6) is -0.203. The fourth-order valence-corrected chi connectivity index (χ4v) is 2.73. The van der Waals surface area contributed by atoms with Crippen molar-refractivity contribution in [2.75, 3.05) is 11.4 Å². The maximum absolute atomic E-state index is 12.2. The van der Waals surface area contributed by atoms with E-state index < -0.39 is 5.56 Å². The summed E-state index contributed by atoms with van der Waals surface area (Å²) in [5, 5.41) is 9.64. The van der Waals surface area contributed by atoms with Gasteiger partial charge in [-0.3, -0.25) is 9.59 Å². The highest BCUT2D eigenvalue weighted by atomic mass is 16.3. The van der Waals surface area contributed by atoms with E-state index in [2.05, 4.69) is 0 Å². The lowest BCUT2D eigenvalue weighted by atomic mass is 9.99. The first-order valence-electron chi connectivity index (χ1n) is 6.81. The van der Waals surface area contributed by atoms with Crippen LogP contribution in [-0.2, 0) is 11.8 Å². The van der Waals surface area contributed by atoms with E-state index in [0.29, 0.717) is 18.7 Å². The lowest BCUT2D eigenvalue weighted by molar-refractivity contribution is -0.117. The van der Waals surface area contributed by atoms with Gasteiger partial charge < -0.3 is 14.6 Å². The van der Waals surface area contributed by atoms with Gasteiger partial charge in [0.25, 0.3) is 5.56 Å². The number of carbonyl (C=O) groups is 1. The Kier molecular flexibility index (Phi) is 3.25. The van der Waals surface area contributed by atoms with E-state index in [0.717, 1.165) is 5.56 Å². The second kappa shape index (κ2) is 5.09. The molecule has 1 aromatic heterocycles. The van der Waals surface area contributed by atoms with Crippen molar-refractivity contribution < 1.29 is 9.90 Å². The van der Waals surface area contributed by atoms with Crippen LogP contribution < -0.4 is 10.5 Å². The minimum Gasteiger partial charge on any atom is -0.503 e. The quantitative estimate of drug-likeness (QED) is 0.911. The molecule has 108 valence electrons. The fraction of sp³-hybridized carbons (Fsp3) is 0.250. The number of pyridine rings is 1. The zero-order valence-electron chi connectivity index (χ0n) is 11.7. The van der Waals surface area contributed by atoms with Gasteiger partial charge in [-0.25, -0.2) is 0 Å². The molecule has 2 aromatic rings. The third-order valence-electron chi connectivity index (χ3n) is 3.86. The first-order valence-corrected chi connectivity index (χ1v) is 6.81. The smallest absolute Gasteiger partial charge is 0.292 e. The molecule has 0 spiro atoms. The van der Waals surface area contributed by atoms with E-state index >= 15 is 0 Å². The molecule has 0 aliphatic carbocycles. The predicted octanol–water partition coefficient (Wildman–Crippen LogP) is 1.61. The molecular formula is C16H16N2O3. The van der Waals surface area contributed by atoms with Gasteiger partial charge >= 0.3 is 0 Å². The molecule has 0 radical (unpaired) electrons. The van der Waals surface area contributed by atoms with Gasteiger partial charge in [-0.2, -0.15) is 0 Å². The van der Waals surface area contributed by atoms with Crippen molar-refractivity contribution in [2.45, 2.75) is 12.3 Å². The molecular weight excluding hydrogens is 268 g/mol. The van der Waals surface area contributed by atoms with Crippen LogP contribution in [0.25, 0.3) is 0 Å². The highest BCUT2D eigenvalue weighted by Gasteiger charge is 2.32. The second-order valence-electron chi connectivity index (χ2n) is 5.32. The van der Waals surface area contributed by atoms with E-state index in [1.54, 1.807) is 18.1 Å².